The van der Waals surface area contributed by atoms with E-state index in [0.717, 1.165) is 18.2 Å². The van der Waals surface area contributed by atoms with Gasteiger partial charge in [-0.05, 0) is 25.7 Å². The fraction of sp³-hybridized carbons (Fsp3) is 1.00. The van der Waals surface area contributed by atoms with Crippen molar-refractivity contribution < 1.29 is 13.2 Å². The first-order chi connectivity index (χ1) is 7.60. The fourth-order valence-electron chi connectivity index (χ4n) is 1.84. The van der Waals surface area contributed by atoms with Crippen LogP contribution in [0.5, 0.6) is 0 Å². The zero-order valence-electron chi connectivity index (χ0n) is 9.69. The normalized spacial score (nSPS) is 23.5. The van der Waals surface area contributed by atoms with Gasteiger partial charge in [-0.15, -0.1) is 0 Å². The summed E-state index contributed by atoms with van der Waals surface area (Å²) in [5, 5.41) is 0.879. The SMILES string of the molecule is CCOCCS(=O)(=O)N1CCCC(CBr)C1. The Labute approximate surface area is 107 Å². The number of sulfonamides is 1. The van der Waals surface area contributed by atoms with E-state index in [2.05, 4.69) is 15.9 Å². The van der Waals surface area contributed by atoms with Crippen LogP contribution in [0.15, 0.2) is 0 Å². The van der Waals surface area contributed by atoms with Gasteiger partial charge in [0.15, 0.2) is 0 Å². The highest BCUT2D eigenvalue weighted by Crippen LogP contribution is 2.20. The van der Waals surface area contributed by atoms with Crippen molar-refractivity contribution in [3.8, 4) is 0 Å². The highest BCUT2D eigenvalue weighted by atomic mass is 79.9. The summed E-state index contributed by atoms with van der Waals surface area (Å²) in [6.07, 6.45) is 2.08. The Kier molecular flexibility index (Phi) is 6.25. The molecule has 0 N–H and O–H groups in total. The van der Waals surface area contributed by atoms with E-state index in [1.807, 2.05) is 6.92 Å². The topological polar surface area (TPSA) is 46.6 Å². The molecule has 16 heavy (non-hydrogen) atoms. The molecule has 0 bridgehead atoms. The summed E-state index contributed by atoms with van der Waals surface area (Å²) in [4.78, 5) is 0. The molecule has 0 aromatic rings. The molecule has 1 heterocycles. The van der Waals surface area contributed by atoms with Crippen LogP contribution in [0, 0.1) is 5.92 Å². The second-order valence-electron chi connectivity index (χ2n) is 4.03. The first-order valence-electron chi connectivity index (χ1n) is 5.71. The molecule has 1 saturated heterocycles. The van der Waals surface area contributed by atoms with Gasteiger partial charge in [0, 0.05) is 25.0 Å². The molecule has 6 heteroatoms. The van der Waals surface area contributed by atoms with Gasteiger partial charge < -0.3 is 4.74 Å². The lowest BCUT2D eigenvalue weighted by atomic mass is 10.0. The van der Waals surface area contributed by atoms with Crippen LogP contribution in [0.25, 0.3) is 0 Å². The highest BCUT2D eigenvalue weighted by Gasteiger charge is 2.27. The smallest absolute Gasteiger partial charge is 0.216 e. The van der Waals surface area contributed by atoms with E-state index in [-0.39, 0.29) is 5.75 Å². The van der Waals surface area contributed by atoms with Gasteiger partial charge in [-0.25, -0.2) is 12.7 Å². The van der Waals surface area contributed by atoms with Crippen LogP contribution in [-0.2, 0) is 14.8 Å². The Hall–Kier alpha value is 0.350. The van der Waals surface area contributed by atoms with Crippen LogP contribution in [0.1, 0.15) is 19.8 Å². The summed E-state index contributed by atoms with van der Waals surface area (Å²) in [6, 6.07) is 0. The third-order valence-corrected chi connectivity index (χ3v) is 5.50. The number of alkyl halides is 1. The third-order valence-electron chi connectivity index (χ3n) is 2.78. The molecule has 1 rings (SSSR count). The Morgan fingerprint density at radius 1 is 1.50 bits per heavy atom. The van der Waals surface area contributed by atoms with E-state index < -0.39 is 10.0 Å². The first kappa shape index (κ1) is 14.4. The first-order valence-corrected chi connectivity index (χ1v) is 8.44. The van der Waals surface area contributed by atoms with Gasteiger partial charge in [0.25, 0.3) is 0 Å². The monoisotopic (exact) mass is 313 g/mol. The van der Waals surface area contributed by atoms with Crippen molar-refractivity contribution in [3.63, 3.8) is 0 Å². The van der Waals surface area contributed by atoms with E-state index >= 15 is 0 Å². The Balaban J connectivity index is 2.47. The molecule has 0 aromatic carbocycles. The summed E-state index contributed by atoms with van der Waals surface area (Å²) in [7, 11) is -3.11. The van der Waals surface area contributed by atoms with Crippen LogP contribution >= 0.6 is 15.9 Å². The number of piperidine rings is 1. The van der Waals surface area contributed by atoms with Crippen LogP contribution in [0.4, 0.5) is 0 Å². The van der Waals surface area contributed by atoms with Crippen molar-refractivity contribution in [3.05, 3.63) is 0 Å². The van der Waals surface area contributed by atoms with Gasteiger partial charge in [0.05, 0.1) is 12.4 Å². The summed E-state index contributed by atoms with van der Waals surface area (Å²) in [5.74, 6) is 0.561. The van der Waals surface area contributed by atoms with Crippen molar-refractivity contribution in [2.45, 2.75) is 19.8 Å². The van der Waals surface area contributed by atoms with Crippen molar-refractivity contribution in [1.82, 2.24) is 4.31 Å². The zero-order valence-corrected chi connectivity index (χ0v) is 12.1. The standard InChI is InChI=1S/C10H20BrNO3S/c1-2-15-6-7-16(13,14)12-5-3-4-10(8-11)9-12/h10H,2-9H2,1H3. The van der Waals surface area contributed by atoms with Crippen LogP contribution in [0.3, 0.4) is 0 Å². The van der Waals surface area contributed by atoms with Crippen molar-refractivity contribution in [2.75, 3.05) is 37.4 Å². The number of hydrogen-bond donors (Lipinski definition) is 0. The maximum atomic E-state index is 12.0. The fourth-order valence-corrected chi connectivity index (χ4v) is 3.80. The Morgan fingerprint density at radius 2 is 2.25 bits per heavy atom. The lowest BCUT2D eigenvalue weighted by molar-refractivity contribution is 0.161. The van der Waals surface area contributed by atoms with Crippen LogP contribution < -0.4 is 0 Å². The molecule has 4 nitrogen and oxygen atoms in total. The lowest BCUT2D eigenvalue weighted by Gasteiger charge is -2.30. The minimum Gasteiger partial charge on any atom is -0.381 e. The number of rotatable bonds is 6. The average Bonchev–Trinajstić information content (AvgIpc) is 2.29. The molecular weight excluding hydrogens is 294 g/mol. The molecule has 0 spiro atoms. The number of hydrogen-bond acceptors (Lipinski definition) is 3. The maximum absolute atomic E-state index is 12.0. The molecular formula is C10H20BrNO3S. The van der Waals surface area contributed by atoms with Gasteiger partial charge in [-0.3, -0.25) is 0 Å². The van der Waals surface area contributed by atoms with Crippen molar-refractivity contribution in [1.29, 1.82) is 0 Å². The molecule has 0 aliphatic carbocycles. The van der Waals surface area contributed by atoms with Gasteiger partial charge >= 0.3 is 0 Å². The van der Waals surface area contributed by atoms with E-state index in [4.69, 9.17) is 4.74 Å². The Morgan fingerprint density at radius 3 is 2.88 bits per heavy atom. The van der Waals surface area contributed by atoms with E-state index in [9.17, 15) is 8.42 Å². The summed E-state index contributed by atoms with van der Waals surface area (Å²) in [5.41, 5.74) is 0. The van der Waals surface area contributed by atoms with Crippen molar-refractivity contribution >= 4 is 26.0 Å². The predicted molar refractivity (Wildman–Crippen MR) is 68.4 cm³/mol. The minimum atomic E-state index is -3.11. The lowest BCUT2D eigenvalue weighted by Crippen LogP contribution is -2.42. The summed E-state index contributed by atoms with van der Waals surface area (Å²) >= 11 is 3.42. The largest absolute Gasteiger partial charge is 0.381 e. The minimum absolute atomic E-state index is 0.107. The maximum Gasteiger partial charge on any atom is 0.216 e. The summed E-state index contributed by atoms with van der Waals surface area (Å²) in [6.45, 7) is 4.06. The van der Waals surface area contributed by atoms with E-state index in [1.165, 1.54) is 0 Å². The molecule has 0 saturated carbocycles. The molecule has 0 aromatic heterocycles. The molecule has 96 valence electrons. The molecule has 0 radical (unpaired) electrons. The quantitative estimate of drug-likeness (QED) is 0.551. The molecule has 0 amide bonds. The highest BCUT2D eigenvalue weighted by molar-refractivity contribution is 9.09. The van der Waals surface area contributed by atoms with E-state index in [0.29, 0.717) is 32.2 Å². The Bertz CT molecular complexity index is 294. The second-order valence-corrected chi connectivity index (χ2v) is 6.77. The number of ether oxygens (including phenoxy) is 1. The predicted octanol–water partition coefficient (Wildman–Crippen LogP) is 1.46. The zero-order chi connectivity index (χ0) is 12.0. The van der Waals surface area contributed by atoms with Gasteiger partial charge in [-0.2, -0.15) is 0 Å². The number of nitrogens with zero attached hydrogens (tertiary/aromatic N) is 1. The van der Waals surface area contributed by atoms with Crippen LogP contribution in [-0.4, -0.2) is 50.1 Å². The van der Waals surface area contributed by atoms with Gasteiger partial charge in [-0.1, -0.05) is 15.9 Å². The van der Waals surface area contributed by atoms with E-state index in [1.54, 1.807) is 4.31 Å². The van der Waals surface area contributed by atoms with Crippen LogP contribution in [0.2, 0.25) is 0 Å². The average molecular weight is 314 g/mol. The van der Waals surface area contributed by atoms with Gasteiger partial charge in [0.2, 0.25) is 10.0 Å². The second kappa shape index (κ2) is 6.93. The molecule has 1 aliphatic heterocycles. The molecule has 1 fully saturated rings. The van der Waals surface area contributed by atoms with Crippen molar-refractivity contribution in [2.24, 2.45) is 5.92 Å². The summed E-state index contributed by atoms with van der Waals surface area (Å²) < 4.78 is 30.6. The molecule has 1 unspecified atom stereocenters. The van der Waals surface area contributed by atoms with Gasteiger partial charge in [0.1, 0.15) is 0 Å². The number of halogens is 1. The molecule has 1 atom stereocenters. The molecule has 1 aliphatic rings. The third kappa shape index (κ3) is 4.31.